The fourth-order valence-corrected chi connectivity index (χ4v) is 4.78. The predicted molar refractivity (Wildman–Crippen MR) is 101 cm³/mol. The van der Waals surface area contributed by atoms with Crippen LogP contribution in [0.25, 0.3) is 5.69 Å². The average Bonchev–Trinajstić information content (AvgIpc) is 2.93. The van der Waals surface area contributed by atoms with Crippen LogP contribution in [0.2, 0.25) is 0 Å². The number of nitrogens with zero attached hydrogens (tertiary/aromatic N) is 2. The molecule has 0 atom stereocenters. The van der Waals surface area contributed by atoms with Gasteiger partial charge in [0.05, 0.1) is 11.4 Å². The maximum Gasteiger partial charge on any atom is 0.245 e. The van der Waals surface area contributed by atoms with Crippen molar-refractivity contribution in [3.05, 3.63) is 41.7 Å². The van der Waals surface area contributed by atoms with Crippen LogP contribution in [0.1, 0.15) is 24.2 Å². The van der Waals surface area contributed by atoms with E-state index in [0.717, 1.165) is 23.3 Å². The molecule has 3 rings (SSSR count). The Kier molecular flexibility index (Phi) is 4.90. The van der Waals surface area contributed by atoms with Crippen LogP contribution in [-0.4, -0.2) is 48.2 Å². The minimum atomic E-state index is -3.54. The fourth-order valence-electron chi connectivity index (χ4n) is 3.45. The van der Waals surface area contributed by atoms with Gasteiger partial charge in [0.1, 0.15) is 0 Å². The van der Waals surface area contributed by atoms with Crippen LogP contribution in [0.3, 0.4) is 0 Å². The quantitative estimate of drug-likeness (QED) is 0.845. The molecule has 0 aliphatic carbocycles. The normalized spacial score (nSPS) is 17.0. The number of hydrogen-bond donors (Lipinski definition) is 2. The third-order valence-corrected chi connectivity index (χ3v) is 6.91. The Morgan fingerprint density at radius 1 is 1.23 bits per heavy atom. The third kappa shape index (κ3) is 3.39. The number of aryl methyl sites for hydroxylation is 2. The van der Waals surface area contributed by atoms with Crippen molar-refractivity contribution < 1.29 is 13.2 Å². The molecule has 2 heterocycles. The highest BCUT2D eigenvalue weighted by atomic mass is 32.2. The minimum Gasteiger partial charge on any atom is -0.325 e. The van der Waals surface area contributed by atoms with Gasteiger partial charge in [0, 0.05) is 17.6 Å². The number of hydrogen-bond acceptors (Lipinski definition) is 5. The smallest absolute Gasteiger partial charge is 0.245 e. The number of sulfone groups is 1. The minimum absolute atomic E-state index is 0.273. The van der Waals surface area contributed by atoms with Crippen molar-refractivity contribution in [2.75, 3.05) is 24.7 Å². The van der Waals surface area contributed by atoms with E-state index in [1.807, 2.05) is 32.0 Å². The monoisotopic (exact) mass is 376 g/mol. The van der Waals surface area contributed by atoms with Crippen LogP contribution < -0.4 is 10.6 Å². The Bertz CT molecular complexity index is 928. The second-order valence-corrected chi connectivity index (χ2v) is 9.19. The summed E-state index contributed by atoms with van der Waals surface area (Å²) in [6, 6.07) is 9.24. The van der Waals surface area contributed by atoms with Crippen LogP contribution in [0, 0.1) is 13.8 Å². The SMILES string of the molecule is Cc1cc(C)n(-c2cccc(NC(=O)C3(S(C)(=O)=O)CCNCC3)c2)n1. The molecule has 2 aromatic rings. The summed E-state index contributed by atoms with van der Waals surface area (Å²) >= 11 is 0. The van der Waals surface area contributed by atoms with Crippen LogP contribution in [0.15, 0.2) is 30.3 Å². The summed E-state index contributed by atoms with van der Waals surface area (Å²) in [5.74, 6) is -0.466. The summed E-state index contributed by atoms with van der Waals surface area (Å²) in [5, 5.41) is 10.4. The van der Waals surface area contributed by atoms with Gasteiger partial charge in [-0.1, -0.05) is 6.07 Å². The Balaban J connectivity index is 1.90. The molecule has 2 N–H and O–H groups in total. The summed E-state index contributed by atoms with van der Waals surface area (Å²) in [6.07, 6.45) is 1.69. The molecule has 8 heteroatoms. The molecular weight excluding hydrogens is 352 g/mol. The maximum absolute atomic E-state index is 12.9. The van der Waals surface area contributed by atoms with E-state index in [4.69, 9.17) is 0 Å². The van der Waals surface area contributed by atoms with Gasteiger partial charge in [0.15, 0.2) is 14.6 Å². The van der Waals surface area contributed by atoms with E-state index in [9.17, 15) is 13.2 Å². The summed E-state index contributed by atoms with van der Waals surface area (Å²) in [4.78, 5) is 12.9. The van der Waals surface area contributed by atoms with Crippen molar-refractivity contribution in [3.63, 3.8) is 0 Å². The predicted octanol–water partition coefficient (Wildman–Crippen LogP) is 1.59. The van der Waals surface area contributed by atoms with Crippen molar-refractivity contribution in [1.82, 2.24) is 15.1 Å². The largest absolute Gasteiger partial charge is 0.325 e. The van der Waals surface area contributed by atoms with E-state index in [1.54, 1.807) is 16.8 Å². The second kappa shape index (κ2) is 6.85. The lowest BCUT2D eigenvalue weighted by Gasteiger charge is -2.34. The van der Waals surface area contributed by atoms with E-state index in [1.165, 1.54) is 0 Å². The Labute approximate surface area is 153 Å². The number of nitrogens with one attached hydrogen (secondary N) is 2. The molecule has 0 saturated carbocycles. The molecule has 1 fully saturated rings. The third-order valence-electron chi connectivity index (χ3n) is 4.89. The molecule has 1 amide bonds. The van der Waals surface area contributed by atoms with Gasteiger partial charge in [-0.25, -0.2) is 13.1 Å². The second-order valence-electron chi connectivity index (χ2n) is 6.86. The van der Waals surface area contributed by atoms with Crippen molar-refractivity contribution >= 4 is 21.4 Å². The average molecular weight is 376 g/mol. The number of anilines is 1. The van der Waals surface area contributed by atoms with Gasteiger partial charge < -0.3 is 10.6 Å². The Morgan fingerprint density at radius 2 is 1.92 bits per heavy atom. The van der Waals surface area contributed by atoms with E-state index in [0.29, 0.717) is 18.8 Å². The molecule has 1 aliphatic heterocycles. The van der Waals surface area contributed by atoms with Crippen molar-refractivity contribution in [2.24, 2.45) is 0 Å². The summed E-state index contributed by atoms with van der Waals surface area (Å²) < 4.78 is 25.2. The summed E-state index contributed by atoms with van der Waals surface area (Å²) in [6.45, 7) is 4.89. The zero-order valence-electron chi connectivity index (χ0n) is 15.2. The fraction of sp³-hybridized carbons (Fsp3) is 0.444. The molecule has 0 radical (unpaired) electrons. The van der Waals surface area contributed by atoms with E-state index >= 15 is 0 Å². The molecular formula is C18H24N4O3S. The maximum atomic E-state index is 12.9. The molecule has 0 spiro atoms. The highest BCUT2D eigenvalue weighted by Gasteiger charge is 2.48. The zero-order chi connectivity index (χ0) is 18.9. The first kappa shape index (κ1) is 18.6. The van der Waals surface area contributed by atoms with Gasteiger partial charge >= 0.3 is 0 Å². The first-order chi connectivity index (χ1) is 12.2. The molecule has 0 bridgehead atoms. The zero-order valence-corrected chi connectivity index (χ0v) is 16.1. The van der Waals surface area contributed by atoms with Crippen LogP contribution >= 0.6 is 0 Å². The number of rotatable bonds is 4. The van der Waals surface area contributed by atoms with Gasteiger partial charge in [-0.2, -0.15) is 5.10 Å². The summed E-state index contributed by atoms with van der Waals surface area (Å²) in [7, 11) is -3.54. The van der Waals surface area contributed by atoms with E-state index in [2.05, 4.69) is 15.7 Å². The molecule has 1 aromatic heterocycles. The van der Waals surface area contributed by atoms with Gasteiger partial charge in [-0.05, 0) is 64.0 Å². The lowest BCUT2D eigenvalue weighted by molar-refractivity contribution is -0.119. The number of piperidine rings is 1. The number of amides is 1. The highest BCUT2D eigenvalue weighted by Crippen LogP contribution is 2.29. The molecule has 1 saturated heterocycles. The van der Waals surface area contributed by atoms with E-state index in [-0.39, 0.29) is 12.8 Å². The van der Waals surface area contributed by atoms with Crippen molar-refractivity contribution in [2.45, 2.75) is 31.4 Å². The molecule has 26 heavy (non-hydrogen) atoms. The standard InChI is InChI=1S/C18H24N4O3S/c1-13-11-14(2)22(21-13)16-6-4-5-15(12-16)20-17(23)18(26(3,24)25)7-9-19-10-8-18/h4-6,11-12,19H,7-10H2,1-3H3,(H,20,23). The molecule has 1 aliphatic rings. The van der Waals surface area contributed by atoms with E-state index < -0.39 is 20.5 Å². The van der Waals surface area contributed by atoms with Crippen LogP contribution in [-0.2, 0) is 14.6 Å². The molecule has 140 valence electrons. The number of carbonyl (C=O) groups excluding carboxylic acids is 1. The van der Waals surface area contributed by atoms with Crippen LogP contribution in [0.5, 0.6) is 0 Å². The Hall–Kier alpha value is -2.19. The lowest BCUT2D eigenvalue weighted by atomic mass is 9.95. The highest BCUT2D eigenvalue weighted by molar-refractivity contribution is 7.92. The summed E-state index contributed by atoms with van der Waals surface area (Å²) in [5.41, 5.74) is 3.26. The van der Waals surface area contributed by atoms with Crippen molar-refractivity contribution in [3.8, 4) is 5.69 Å². The topological polar surface area (TPSA) is 93.1 Å². The number of benzene rings is 1. The van der Waals surface area contributed by atoms with Gasteiger partial charge in [0.2, 0.25) is 5.91 Å². The van der Waals surface area contributed by atoms with Crippen molar-refractivity contribution in [1.29, 1.82) is 0 Å². The lowest BCUT2D eigenvalue weighted by Crippen LogP contribution is -2.55. The number of carbonyl (C=O) groups is 1. The first-order valence-corrected chi connectivity index (χ1v) is 10.5. The Morgan fingerprint density at radius 3 is 2.50 bits per heavy atom. The number of aromatic nitrogens is 2. The van der Waals surface area contributed by atoms with Gasteiger partial charge in [0.25, 0.3) is 0 Å². The molecule has 0 unspecified atom stereocenters. The molecule has 7 nitrogen and oxygen atoms in total. The molecule has 1 aromatic carbocycles. The van der Waals surface area contributed by atoms with Crippen LogP contribution in [0.4, 0.5) is 5.69 Å². The first-order valence-electron chi connectivity index (χ1n) is 8.58. The van der Waals surface area contributed by atoms with Gasteiger partial charge in [-0.15, -0.1) is 0 Å². The van der Waals surface area contributed by atoms with Gasteiger partial charge in [-0.3, -0.25) is 4.79 Å².